The highest BCUT2D eigenvalue weighted by molar-refractivity contribution is 4.94. The van der Waals surface area contributed by atoms with Gasteiger partial charge in [0.15, 0.2) is 0 Å². The predicted molar refractivity (Wildman–Crippen MR) is 31.8 cm³/mol. The van der Waals surface area contributed by atoms with Crippen LogP contribution in [0.2, 0.25) is 0 Å². The van der Waals surface area contributed by atoms with E-state index in [9.17, 15) is 0 Å². The Labute approximate surface area is 53.7 Å². The molecule has 0 unspecified atom stereocenters. The van der Waals surface area contributed by atoms with Crippen LogP contribution in [0.25, 0.3) is 0 Å². The molecule has 1 heterocycles. The summed E-state index contributed by atoms with van der Waals surface area (Å²) >= 11 is 0. The van der Waals surface area contributed by atoms with Gasteiger partial charge in [0.25, 0.3) is 0 Å². The molecule has 0 aliphatic rings. The standard InChI is InChI=1S/C5H9N4/c1-5(2,3)4-6-8-9-7-4/h1-3H3/q-1. The van der Waals surface area contributed by atoms with Gasteiger partial charge in [0.2, 0.25) is 0 Å². The first-order valence-electron chi connectivity index (χ1n) is 2.80. The lowest BCUT2D eigenvalue weighted by atomic mass is 9.96. The Hall–Kier alpha value is -0.930. The molecule has 9 heavy (non-hydrogen) atoms. The fourth-order valence-corrected chi connectivity index (χ4v) is 0.445. The molecule has 0 amide bonds. The van der Waals surface area contributed by atoms with E-state index in [2.05, 4.69) is 20.6 Å². The van der Waals surface area contributed by atoms with Crippen molar-refractivity contribution in [2.75, 3.05) is 0 Å². The Morgan fingerprint density at radius 3 is 2.22 bits per heavy atom. The lowest BCUT2D eigenvalue weighted by Crippen LogP contribution is -2.14. The van der Waals surface area contributed by atoms with Crippen molar-refractivity contribution in [3.63, 3.8) is 0 Å². The van der Waals surface area contributed by atoms with Gasteiger partial charge in [0.05, 0.1) is 0 Å². The van der Waals surface area contributed by atoms with Gasteiger partial charge in [-0.05, 0) is 5.41 Å². The lowest BCUT2D eigenvalue weighted by molar-refractivity contribution is 0.543. The van der Waals surface area contributed by atoms with Gasteiger partial charge in [0, 0.05) is 5.82 Å². The molecule has 0 aliphatic heterocycles. The summed E-state index contributed by atoms with van der Waals surface area (Å²) < 4.78 is 0. The second-order valence-corrected chi connectivity index (χ2v) is 2.95. The summed E-state index contributed by atoms with van der Waals surface area (Å²) in [5.74, 6) is 0.697. The summed E-state index contributed by atoms with van der Waals surface area (Å²) in [6, 6.07) is 0. The van der Waals surface area contributed by atoms with Gasteiger partial charge >= 0.3 is 0 Å². The Balaban J connectivity index is 2.90. The molecule has 0 atom stereocenters. The van der Waals surface area contributed by atoms with Crippen molar-refractivity contribution in [2.24, 2.45) is 0 Å². The molecule has 0 radical (unpaired) electrons. The Bertz CT molecular complexity index is 171. The maximum atomic E-state index is 3.72. The molecule has 0 spiro atoms. The first kappa shape index (κ1) is 6.19. The van der Waals surface area contributed by atoms with Crippen LogP contribution < -0.4 is 5.10 Å². The van der Waals surface area contributed by atoms with Crippen LogP contribution in [0, 0.1) is 0 Å². The minimum Gasteiger partial charge on any atom is -0.335 e. The number of aromatic nitrogens is 4. The summed E-state index contributed by atoms with van der Waals surface area (Å²) in [6.45, 7) is 6.06. The number of tetrazole rings is 1. The van der Waals surface area contributed by atoms with Gasteiger partial charge in [-0.25, -0.2) is 0 Å². The molecule has 0 bridgehead atoms. The minimum atomic E-state index is -0.0243. The van der Waals surface area contributed by atoms with Crippen molar-refractivity contribution in [1.29, 1.82) is 0 Å². The summed E-state index contributed by atoms with van der Waals surface area (Å²) in [4.78, 5) is 0. The Morgan fingerprint density at radius 1 is 1.33 bits per heavy atom. The molecule has 0 fully saturated rings. The highest BCUT2D eigenvalue weighted by Gasteiger charge is 2.10. The normalized spacial score (nSPS) is 11.9. The Morgan fingerprint density at radius 2 is 2.00 bits per heavy atom. The molecule has 4 heteroatoms. The highest BCUT2D eigenvalue weighted by atomic mass is 15.5. The van der Waals surface area contributed by atoms with Crippen molar-refractivity contribution in [3.05, 3.63) is 5.82 Å². The van der Waals surface area contributed by atoms with Crippen molar-refractivity contribution in [1.82, 2.24) is 20.6 Å². The maximum absolute atomic E-state index is 3.72. The molecule has 1 aromatic rings. The van der Waals surface area contributed by atoms with Gasteiger partial charge in [-0.2, -0.15) is 5.21 Å². The van der Waals surface area contributed by atoms with Gasteiger partial charge < -0.3 is 5.10 Å². The van der Waals surface area contributed by atoms with Gasteiger partial charge in [-0.15, -0.1) is 0 Å². The van der Waals surface area contributed by atoms with E-state index in [-0.39, 0.29) is 5.41 Å². The SMILES string of the molecule is CC(C)(C)c1nnn[n-]1. The van der Waals surface area contributed by atoms with Crippen molar-refractivity contribution >= 4 is 0 Å². The average molecular weight is 125 g/mol. The molecule has 0 saturated carbocycles. The van der Waals surface area contributed by atoms with E-state index in [1.165, 1.54) is 0 Å². The molecule has 50 valence electrons. The van der Waals surface area contributed by atoms with E-state index in [0.717, 1.165) is 0 Å². The van der Waals surface area contributed by atoms with Crippen LogP contribution in [0.15, 0.2) is 0 Å². The Kier molecular flexibility index (Phi) is 1.23. The molecule has 0 N–H and O–H groups in total. The summed E-state index contributed by atoms with van der Waals surface area (Å²) in [6.07, 6.45) is 0. The average Bonchev–Trinajstić information content (AvgIpc) is 2.08. The summed E-state index contributed by atoms with van der Waals surface area (Å²) in [5, 5.41) is 14.2. The lowest BCUT2D eigenvalue weighted by Gasteiger charge is -2.16. The van der Waals surface area contributed by atoms with Crippen molar-refractivity contribution in [3.8, 4) is 0 Å². The van der Waals surface area contributed by atoms with E-state index in [1.807, 2.05) is 20.8 Å². The van der Waals surface area contributed by atoms with Crippen LogP contribution in [0.4, 0.5) is 0 Å². The van der Waals surface area contributed by atoms with E-state index in [0.29, 0.717) is 5.82 Å². The highest BCUT2D eigenvalue weighted by Crippen LogP contribution is 2.14. The smallest absolute Gasteiger partial charge is 0.0152 e. The zero-order chi connectivity index (χ0) is 6.91. The first-order valence-corrected chi connectivity index (χ1v) is 2.80. The fourth-order valence-electron chi connectivity index (χ4n) is 0.445. The fraction of sp³-hybridized carbons (Fsp3) is 0.800. The molecular weight excluding hydrogens is 116 g/mol. The first-order chi connectivity index (χ1) is 4.11. The number of rotatable bonds is 0. The van der Waals surface area contributed by atoms with Crippen LogP contribution >= 0.6 is 0 Å². The maximum Gasteiger partial charge on any atom is 0.0152 e. The molecule has 0 saturated heterocycles. The predicted octanol–water partition coefficient (Wildman–Crippen LogP) is 0.126. The van der Waals surface area contributed by atoms with Crippen molar-refractivity contribution in [2.45, 2.75) is 26.2 Å². The number of hydrogen-bond acceptors (Lipinski definition) is 3. The third-order valence-electron chi connectivity index (χ3n) is 0.990. The zero-order valence-corrected chi connectivity index (χ0v) is 5.79. The van der Waals surface area contributed by atoms with E-state index in [1.54, 1.807) is 0 Å². The van der Waals surface area contributed by atoms with Crippen molar-refractivity contribution < 1.29 is 0 Å². The van der Waals surface area contributed by atoms with Gasteiger partial charge in [-0.3, -0.25) is 10.3 Å². The number of hydrogen-bond donors (Lipinski definition) is 0. The van der Waals surface area contributed by atoms with Crippen LogP contribution in [0.5, 0.6) is 0 Å². The zero-order valence-electron chi connectivity index (χ0n) is 5.79. The van der Waals surface area contributed by atoms with Crippen LogP contribution in [-0.4, -0.2) is 15.5 Å². The van der Waals surface area contributed by atoms with Crippen LogP contribution in [0.3, 0.4) is 0 Å². The topological polar surface area (TPSA) is 52.8 Å². The van der Waals surface area contributed by atoms with E-state index < -0.39 is 0 Å². The van der Waals surface area contributed by atoms with Crippen LogP contribution in [-0.2, 0) is 5.41 Å². The molecule has 1 aromatic heterocycles. The third-order valence-corrected chi connectivity index (χ3v) is 0.990. The van der Waals surface area contributed by atoms with Gasteiger partial charge in [-0.1, -0.05) is 20.8 Å². The summed E-state index contributed by atoms with van der Waals surface area (Å²) in [7, 11) is 0. The van der Waals surface area contributed by atoms with E-state index >= 15 is 0 Å². The molecule has 1 rings (SSSR count). The number of nitrogens with zero attached hydrogens (tertiary/aromatic N) is 4. The van der Waals surface area contributed by atoms with Gasteiger partial charge in [0.1, 0.15) is 0 Å². The summed E-state index contributed by atoms with van der Waals surface area (Å²) in [5.41, 5.74) is -0.0243. The second-order valence-electron chi connectivity index (χ2n) is 2.95. The minimum absolute atomic E-state index is 0.0243. The monoisotopic (exact) mass is 125 g/mol. The van der Waals surface area contributed by atoms with Crippen LogP contribution in [0.1, 0.15) is 26.6 Å². The molecule has 4 nitrogen and oxygen atoms in total. The molecular formula is C5H9N4-. The third kappa shape index (κ3) is 1.25. The molecule has 0 aliphatic carbocycles. The second kappa shape index (κ2) is 1.79. The molecule has 0 aromatic carbocycles. The van der Waals surface area contributed by atoms with E-state index in [4.69, 9.17) is 0 Å². The quantitative estimate of drug-likeness (QED) is 0.494. The largest absolute Gasteiger partial charge is 0.335 e.